The molecule has 1 unspecified atom stereocenters. The number of halogens is 1. The molecule has 3 nitrogen and oxygen atoms in total. The first-order chi connectivity index (χ1) is 7.72. The van der Waals surface area contributed by atoms with Gasteiger partial charge in [-0.1, -0.05) is 17.7 Å². The second-order valence-corrected chi connectivity index (χ2v) is 4.79. The molecule has 0 bridgehead atoms. The minimum absolute atomic E-state index is 0.138. The zero-order chi connectivity index (χ0) is 12.0. The molecule has 1 aromatic rings. The van der Waals surface area contributed by atoms with E-state index in [0.717, 1.165) is 17.7 Å². The number of rotatable bonds is 6. The van der Waals surface area contributed by atoms with E-state index in [1.54, 1.807) is 18.9 Å². The summed E-state index contributed by atoms with van der Waals surface area (Å²) in [5.41, 5.74) is 3.91. The fraction of sp³-hybridized carbons (Fsp3) is 0.455. The maximum absolute atomic E-state index is 5.97. The SMILES string of the molecule is COc1cc(C(CCSC)NN)ccc1Cl. The number of benzene rings is 1. The Morgan fingerprint density at radius 1 is 1.56 bits per heavy atom. The van der Waals surface area contributed by atoms with Crippen molar-refractivity contribution in [1.82, 2.24) is 5.43 Å². The summed E-state index contributed by atoms with van der Waals surface area (Å²) in [6.45, 7) is 0. The van der Waals surface area contributed by atoms with Crippen molar-refractivity contribution in [2.24, 2.45) is 5.84 Å². The van der Waals surface area contributed by atoms with Gasteiger partial charge < -0.3 is 4.74 Å². The molecule has 0 radical (unpaired) electrons. The molecule has 0 aromatic heterocycles. The summed E-state index contributed by atoms with van der Waals surface area (Å²) in [6, 6.07) is 5.86. The van der Waals surface area contributed by atoms with Crippen LogP contribution in [-0.2, 0) is 0 Å². The number of nitrogens with one attached hydrogen (secondary N) is 1. The van der Waals surface area contributed by atoms with Crippen LogP contribution in [0.5, 0.6) is 5.75 Å². The summed E-state index contributed by atoms with van der Waals surface area (Å²) >= 11 is 7.77. The van der Waals surface area contributed by atoms with E-state index in [1.165, 1.54) is 0 Å². The molecule has 0 aliphatic heterocycles. The maximum atomic E-state index is 5.97. The van der Waals surface area contributed by atoms with Crippen LogP contribution in [0.4, 0.5) is 0 Å². The van der Waals surface area contributed by atoms with Crippen molar-refractivity contribution < 1.29 is 4.74 Å². The predicted molar refractivity (Wildman–Crippen MR) is 71.1 cm³/mol. The number of hydrogen-bond acceptors (Lipinski definition) is 4. The van der Waals surface area contributed by atoms with Crippen LogP contribution in [-0.4, -0.2) is 19.1 Å². The molecule has 5 heteroatoms. The van der Waals surface area contributed by atoms with Gasteiger partial charge in [0.1, 0.15) is 5.75 Å². The first kappa shape index (κ1) is 13.6. The van der Waals surface area contributed by atoms with E-state index in [0.29, 0.717) is 10.8 Å². The number of methoxy groups -OCH3 is 1. The molecule has 90 valence electrons. The Labute approximate surface area is 106 Å². The van der Waals surface area contributed by atoms with Crippen LogP contribution in [0.2, 0.25) is 5.02 Å². The molecular weight excluding hydrogens is 244 g/mol. The minimum Gasteiger partial charge on any atom is -0.495 e. The Balaban J connectivity index is 2.83. The molecule has 0 spiro atoms. The van der Waals surface area contributed by atoms with Crippen LogP contribution in [0.15, 0.2) is 18.2 Å². The number of hydrogen-bond donors (Lipinski definition) is 2. The number of nitrogens with two attached hydrogens (primary N) is 1. The lowest BCUT2D eigenvalue weighted by atomic mass is 10.1. The summed E-state index contributed by atoms with van der Waals surface area (Å²) < 4.78 is 5.18. The van der Waals surface area contributed by atoms with Gasteiger partial charge >= 0.3 is 0 Å². The van der Waals surface area contributed by atoms with Gasteiger partial charge in [0.25, 0.3) is 0 Å². The van der Waals surface area contributed by atoms with Crippen molar-refractivity contribution in [2.45, 2.75) is 12.5 Å². The number of hydrazine groups is 1. The van der Waals surface area contributed by atoms with Gasteiger partial charge in [-0.25, -0.2) is 0 Å². The summed E-state index contributed by atoms with van der Waals surface area (Å²) in [7, 11) is 1.61. The Morgan fingerprint density at radius 3 is 2.88 bits per heavy atom. The van der Waals surface area contributed by atoms with Crippen molar-refractivity contribution in [2.75, 3.05) is 19.1 Å². The van der Waals surface area contributed by atoms with Gasteiger partial charge in [-0.05, 0) is 36.1 Å². The van der Waals surface area contributed by atoms with Gasteiger partial charge in [0.05, 0.1) is 12.1 Å². The topological polar surface area (TPSA) is 47.3 Å². The Morgan fingerprint density at radius 2 is 2.31 bits per heavy atom. The highest BCUT2D eigenvalue weighted by Gasteiger charge is 2.11. The summed E-state index contributed by atoms with van der Waals surface area (Å²) in [5, 5.41) is 0.617. The zero-order valence-electron chi connectivity index (χ0n) is 9.50. The Hall–Kier alpha value is -0.420. The summed E-state index contributed by atoms with van der Waals surface area (Å²) in [5.74, 6) is 7.28. The summed E-state index contributed by atoms with van der Waals surface area (Å²) in [4.78, 5) is 0. The maximum Gasteiger partial charge on any atom is 0.137 e. The third-order valence-corrected chi connectivity index (χ3v) is 3.35. The van der Waals surface area contributed by atoms with Crippen LogP contribution >= 0.6 is 23.4 Å². The third-order valence-electron chi connectivity index (χ3n) is 2.39. The molecule has 1 atom stereocenters. The molecule has 0 fully saturated rings. The van der Waals surface area contributed by atoms with Crippen LogP contribution in [0.1, 0.15) is 18.0 Å². The lowest BCUT2D eigenvalue weighted by Gasteiger charge is -2.16. The fourth-order valence-electron chi connectivity index (χ4n) is 1.48. The standard InChI is InChI=1S/C11H17ClN2OS/c1-15-11-7-8(3-4-9(11)12)10(14-13)5-6-16-2/h3-4,7,10,14H,5-6,13H2,1-2H3. The third kappa shape index (κ3) is 3.56. The Bertz CT molecular complexity index is 336. The van der Waals surface area contributed by atoms with Gasteiger partial charge in [0.2, 0.25) is 0 Å². The lowest BCUT2D eigenvalue weighted by molar-refractivity contribution is 0.413. The molecule has 0 saturated heterocycles. The fourth-order valence-corrected chi connectivity index (χ4v) is 2.14. The van der Waals surface area contributed by atoms with E-state index >= 15 is 0 Å². The van der Waals surface area contributed by atoms with Crippen molar-refractivity contribution in [3.8, 4) is 5.75 Å². The molecule has 1 rings (SSSR count). The Kier molecular flexibility index (Phi) is 5.98. The lowest BCUT2D eigenvalue weighted by Crippen LogP contribution is -2.28. The first-order valence-corrected chi connectivity index (χ1v) is 6.78. The second kappa shape index (κ2) is 7.01. The van der Waals surface area contributed by atoms with Crippen LogP contribution in [0.3, 0.4) is 0 Å². The highest BCUT2D eigenvalue weighted by Crippen LogP contribution is 2.28. The predicted octanol–water partition coefficient (Wildman–Crippen LogP) is 2.61. The molecule has 0 aliphatic rings. The molecule has 3 N–H and O–H groups in total. The second-order valence-electron chi connectivity index (χ2n) is 3.39. The molecule has 0 aliphatic carbocycles. The first-order valence-electron chi connectivity index (χ1n) is 5.01. The van der Waals surface area contributed by atoms with Crippen LogP contribution in [0, 0.1) is 0 Å². The smallest absolute Gasteiger partial charge is 0.137 e. The normalized spacial score (nSPS) is 12.5. The van der Waals surface area contributed by atoms with Gasteiger partial charge in [0.15, 0.2) is 0 Å². The highest BCUT2D eigenvalue weighted by atomic mass is 35.5. The van der Waals surface area contributed by atoms with E-state index in [4.69, 9.17) is 22.2 Å². The quantitative estimate of drug-likeness (QED) is 0.610. The van der Waals surface area contributed by atoms with Crippen LogP contribution < -0.4 is 16.0 Å². The van der Waals surface area contributed by atoms with Crippen molar-refractivity contribution in [3.05, 3.63) is 28.8 Å². The molecule has 1 aromatic carbocycles. The van der Waals surface area contributed by atoms with Crippen LogP contribution in [0.25, 0.3) is 0 Å². The van der Waals surface area contributed by atoms with E-state index in [9.17, 15) is 0 Å². The molecule has 0 saturated carbocycles. The number of thioether (sulfide) groups is 1. The van der Waals surface area contributed by atoms with Crippen molar-refractivity contribution in [1.29, 1.82) is 0 Å². The van der Waals surface area contributed by atoms with Crippen molar-refractivity contribution in [3.63, 3.8) is 0 Å². The number of ether oxygens (including phenoxy) is 1. The average molecular weight is 261 g/mol. The van der Waals surface area contributed by atoms with E-state index in [1.807, 2.05) is 18.2 Å². The average Bonchev–Trinajstić information content (AvgIpc) is 2.32. The monoisotopic (exact) mass is 260 g/mol. The van der Waals surface area contributed by atoms with Gasteiger partial charge in [-0.3, -0.25) is 11.3 Å². The van der Waals surface area contributed by atoms with Gasteiger partial charge in [-0.15, -0.1) is 0 Å². The van der Waals surface area contributed by atoms with Gasteiger partial charge in [-0.2, -0.15) is 11.8 Å². The van der Waals surface area contributed by atoms with Crippen molar-refractivity contribution >= 4 is 23.4 Å². The zero-order valence-corrected chi connectivity index (χ0v) is 11.1. The largest absolute Gasteiger partial charge is 0.495 e. The molecule has 16 heavy (non-hydrogen) atoms. The van der Waals surface area contributed by atoms with E-state index in [2.05, 4.69) is 11.7 Å². The van der Waals surface area contributed by atoms with E-state index in [-0.39, 0.29) is 6.04 Å². The van der Waals surface area contributed by atoms with Gasteiger partial charge in [0, 0.05) is 6.04 Å². The minimum atomic E-state index is 0.138. The molecule has 0 heterocycles. The summed E-state index contributed by atoms with van der Waals surface area (Å²) in [6.07, 6.45) is 3.05. The van der Waals surface area contributed by atoms with E-state index < -0.39 is 0 Å². The molecule has 0 amide bonds. The molecular formula is C11H17ClN2OS. The highest BCUT2D eigenvalue weighted by molar-refractivity contribution is 7.98.